The summed E-state index contributed by atoms with van der Waals surface area (Å²) < 4.78 is 28.6. The van der Waals surface area contributed by atoms with E-state index in [9.17, 15) is 8.42 Å². The highest BCUT2D eigenvalue weighted by Gasteiger charge is 2.16. The Labute approximate surface area is 133 Å². The van der Waals surface area contributed by atoms with Gasteiger partial charge in [0.1, 0.15) is 12.4 Å². The average molecular weight is 345 g/mol. The van der Waals surface area contributed by atoms with Gasteiger partial charge in [-0.15, -0.1) is 0 Å². The van der Waals surface area contributed by atoms with Crippen LogP contribution in [0.15, 0.2) is 41.3 Å². The maximum atomic E-state index is 11.4. The van der Waals surface area contributed by atoms with Crippen LogP contribution in [0.25, 0.3) is 0 Å². The zero-order valence-electron chi connectivity index (χ0n) is 11.6. The first kappa shape index (κ1) is 16.1. The van der Waals surface area contributed by atoms with Crippen molar-refractivity contribution in [1.82, 2.24) is 0 Å². The highest BCUT2D eigenvalue weighted by Crippen LogP contribution is 2.29. The Morgan fingerprint density at radius 1 is 1.00 bits per heavy atom. The molecule has 0 saturated heterocycles. The molecule has 2 rings (SSSR count). The molecule has 21 heavy (non-hydrogen) atoms. The van der Waals surface area contributed by atoms with Crippen LogP contribution in [0.2, 0.25) is 5.02 Å². The highest BCUT2D eigenvalue weighted by atomic mass is 35.7. The van der Waals surface area contributed by atoms with Crippen LogP contribution in [0, 0.1) is 13.8 Å². The lowest BCUT2D eigenvalue weighted by molar-refractivity contribution is 0.303. The molecule has 0 aliphatic rings. The summed E-state index contributed by atoms with van der Waals surface area (Å²) in [4.78, 5) is 0.112. The maximum Gasteiger partial charge on any atom is 0.261 e. The Morgan fingerprint density at radius 3 is 2.19 bits per heavy atom. The molecule has 0 radical (unpaired) electrons. The monoisotopic (exact) mass is 344 g/mol. The van der Waals surface area contributed by atoms with E-state index in [1.165, 1.54) is 6.07 Å². The Balaban J connectivity index is 2.22. The van der Waals surface area contributed by atoms with Gasteiger partial charge in [-0.2, -0.15) is 0 Å². The molecule has 2 aromatic carbocycles. The molecule has 0 saturated carbocycles. The van der Waals surface area contributed by atoms with E-state index in [2.05, 4.69) is 0 Å². The predicted molar refractivity (Wildman–Crippen MR) is 84.7 cm³/mol. The summed E-state index contributed by atoms with van der Waals surface area (Å²) in [6, 6.07) is 10.4. The number of ether oxygens (including phenoxy) is 1. The molecule has 0 spiro atoms. The van der Waals surface area contributed by atoms with Crippen molar-refractivity contribution in [3.05, 3.63) is 58.1 Å². The first-order valence-corrected chi connectivity index (χ1v) is 8.90. The van der Waals surface area contributed by atoms with Crippen molar-refractivity contribution < 1.29 is 13.2 Å². The van der Waals surface area contributed by atoms with Gasteiger partial charge in [0.05, 0.1) is 4.90 Å². The fourth-order valence-electron chi connectivity index (χ4n) is 1.93. The summed E-state index contributed by atoms with van der Waals surface area (Å²) in [5, 5.41) is 0.669. The van der Waals surface area contributed by atoms with Crippen LogP contribution < -0.4 is 4.74 Å². The van der Waals surface area contributed by atoms with Gasteiger partial charge >= 0.3 is 0 Å². The molecule has 3 nitrogen and oxygen atoms in total. The van der Waals surface area contributed by atoms with Gasteiger partial charge in [0, 0.05) is 15.7 Å². The zero-order chi connectivity index (χ0) is 15.6. The topological polar surface area (TPSA) is 43.4 Å². The smallest absolute Gasteiger partial charge is 0.261 e. The SMILES string of the molecule is Cc1c(OCc2ccc(Cl)cc2)ccc(S(=O)(=O)Cl)c1C. The van der Waals surface area contributed by atoms with E-state index < -0.39 is 9.05 Å². The molecule has 0 fully saturated rings. The second-order valence-electron chi connectivity index (χ2n) is 4.66. The van der Waals surface area contributed by atoms with Crippen LogP contribution in [0.3, 0.4) is 0 Å². The predicted octanol–water partition coefficient (Wildman–Crippen LogP) is 4.46. The van der Waals surface area contributed by atoms with Gasteiger partial charge in [-0.05, 0) is 54.8 Å². The maximum absolute atomic E-state index is 11.4. The number of hydrogen-bond donors (Lipinski definition) is 0. The molecular formula is C15H14Cl2O3S. The third-order valence-electron chi connectivity index (χ3n) is 3.26. The summed E-state index contributed by atoms with van der Waals surface area (Å²) in [5.41, 5.74) is 2.33. The van der Waals surface area contributed by atoms with Gasteiger partial charge in [-0.1, -0.05) is 23.7 Å². The zero-order valence-corrected chi connectivity index (χ0v) is 13.9. The summed E-state index contributed by atoms with van der Waals surface area (Å²) in [6.45, 7) is 3.89. The lowest BCUT2D eigenvalue weighted by atomic mass is 10.1. The summed E-state index contributed by atoms with van der Waals surface area (Å²) >= 11 is 5.82. The first-order chi connectivity index (χ1) is 9.79. The molecule has 0 bridgehead atoms. The van der Waals surface area contributed by atoms with Crippen LogP contribution in [0.1, 0.15) is 16.7 Å². The minimum atomic E-state index is -3.74. The molecule has 0 aliphatic carbocycles. The van der Waals surface area contributed by atoms with E-state index in [0.717, 1.165) is 11.1 Å². The molecule has 0 amide bonds. The summed E-state index contributed by atoms with van der Waals surface area (Å²) in [6.07, 6.45) is 0. The van der Waals surface area contributed by atoms with Crippen molar-refractivity contribution in [2.75, 3.05) is 0 Å². The second kappa shape index (κ2) is 6.26. The molecule has 6 heteroatoms. The fourth-order valence-corrected chi connectivity index (χ4v) is 3.31. The molecule has 0 N–H and O–H groups in total. The van der Waals surface area contributed by atoms with Crippen molar-refractivity contribution >= 4 is 31.3 Å². The minimum Gasteiger partial charge on any atom is -0.489 e. The Bertz CT molecular complexity index is 753. The van der Waals surface area contributed by atoms with Crippen molar-refractivity contribution in [2.24, 2.45) is 0 Å². The van der Waals surface area contributed by atoms with Crippen molar-refractivity contribution in [2.45, 2.75) is 25.3 Å². The first-order valence-electron chi connectivity index (χ1n) is 6.21. The van der Waals surface area contributed by atoms with Crippen LogP contribution in [0.5, 0.6) is 5.75 Å². The van der Waals surface area contributed by atoms with Gasteiger partial charge in [0.15, 0.2) is 0 Å². The number of benzene rings is 2. The Morgan fingerprint density at radius 2 is 1.62 bits per heavy atom. The van der Waals surface area contributed by atoms with Crippen LogP contribution in [-0.4, -0.2) is 8.42 Å². The third-order valence-corrected chi connectivity index (χ3v) is 4.98. The fraction of sp³-hybridized carbons (Fsp3) is 0.200. The van der Waals surface area contributed by atoms with Gasteiger partial charge in [0.25, 0.3) is 9.05 Å². The van der Waals surface area contributed by atoms with Crippen LogP contribution >= 0.6 is 22.3 Å². The van der Waals surface area contributed by atoms with Gasteiger partial charge in [-0.3, -0.25) is 0 Å². The van der Waals surface area contributed by atoms with E-state index in [-0.39, 0.29) is 4.90 Å². The molecule has 0 aliphatic heterocycles. The normalized spacial score (nSPS) is 11.4. The number of rotatable bonds is 4. The Hall–Kier alpha value is -1.23. The molecule has 112 valence electrons. The summed E-state index contributed by atoms with van der Waals surface area (Å²) in [5.74, 6) is 0.631. The molecule has 0 aromatic heterocycles. The van der Waals surface area contributed by atoms with E-state index in [1.54, 1.807) is 32.0 Å². The van der Waals surface area contributed by atoms with Gasteiger partial charge < -0.3 is 4.74 Å². The standard InChI is InChI=1S/C15H14Cl2O3S/c1-10-11(2)15(21(17,18)19)8-7-14(10)20-9-12-3-5-13(16)6-4-12/h3-8H,9H2,1-2H3. The lowest BCUT2D eigenvalue weighted by Gasteiger charge is -2.13. The Kier molecular flexibility index (Phi) is 4.81. The molecule has 2 aromatic rings. The largest absolute Gasteiger partial charge is 0.489 e. The quantitative estimate of drug-likeness (QED) is 0.768. The lowest BCUT2D eigenvalue weighted by Crippen LogP contribution is -2.01. The van der Waals surface area contributed by atoms with E-state index in [4.69, 9.17) is 27.0 Å². The minimum absolute atomic E-state index is 0.112. The average Bonchev–Trinajstić information content (AvgIpc) is 2.41. The second-order valence-corrected chi connectivity index (χ2v) is 7.64. The van der Waals surface area contributed by atoms with E-state index >= 15 is 0 Å². The van der Waals surface area contributed by atoms with Crippen LogP contribution in [0.4, 0.5) is 0 Å². The van der Waals surface area contributed by atoms with Crippen molar-refractivity contribution in [3.63, 3.8) is 0 Å². The van der Waals surface area contributed by atoms with Gasteiger partial charge in [0.2, 0.25) is 0 Å². The van der Waals surface area contributed by atoms with Crippen molar-refractivity contribution in [1.29, 1.82) is 0 Å². The molecule has 0 heterocycles. The van der Waals surface area contributed by atoms with Gasteiger partial charge in [-0.25, -0.2) is 8.42 Å². The van der Waals surface area contributed by atoms with E-state index in [1.807, 2.05) is 12.1 Å². The molecule has 0 atom stereocenters. The number of halogens is 2. The third kappa shape index (κ3) is 3.90. The molecule has 0 unspecified atom stereocenters. The summed E-state index contributed by atoms with van der Waals surface area (Å²) in [7, 11) is 1.65. The van der Waals surface area contributed by atoms with E-state index in [0.29, 0.717) is 22.9 Å². The highest BCUT2D eigenvalue weighted by molar-refractivity contribution is 8.13. The number of hydrogen-bond acceptors (Lipinski definition) is 3. The van der Waals surface area contributed by atoms with Crippen molar-refractivity contribution in [3.8, 4) is 5.75 Å². The van der Waals surface area contributed by atoms with Crippen LogP contribution in [-0.2, 0) is 15.7 Å². The molecular weight excluding hydrogens is 331 g/mol.